The van der Waals surface area contributed by atoms with Gasteiger partial charge >= 0.3 is 0 Å². The molecule has 0 aliphatic rings. The maximum atomic E-state index is 10.2. The van der Waals surface area contributed by atoms with Gasteiger partial charge in [0.05, 0.1) is 31.9 Å². The predicted octanol–water partition coefficient (Wildman–Crippen LogP) is 2.92. The standard InChI is InChI=1S/C15H25NO3.ClH/c1-10(2)8-9-11(17)15(16)14-12(18-3)6-5-7-13(14)19-4;/h5-7,10-11,15,17H,8-9,16H2,1-4H3;1H/t11-,15-;/m1./s1. The van der Waals surface area contributed by atoms with Gasteiger partial charge in [-0.25, -0.2) is 0 Å². The van der Waals surface area contributed by atoms with E-state index in [1.54, 1.807) is 14.2 Å². The van der Waals surface area contributed by atoms with E-state index >= 15 is 0 Å². The average molecular weight is 304 g/mol. The average Bonchev–Trinajstić information content (AvgIpc) is 2.42. The number of halogens is 1. The van der Waals surface area contributed by atoms with Crippen molar-refractivity contribution in [3.63, 3.8) is 0 Å². The maximum Gasteiger partial charge on any atom is 0.127 e. The van der Waals surface area contributed by atoms with Crippen molar-refractivity contribution in [2.24, 2.45) is 11.7 Å². The van der Waals surface area contributed by atoms with Crippen LogP contribution in [0.1, 0.15) is 38.3 Å². The molecule has 0 aliphatic heterocycles. The molecule has 1 aromatic carbocycles. The van der Waals surface area contributed by atoms with E-state index in [0.717, 1.165) is 12.0 Å². The molecule has 0 fully saturated rings. The minimum Gasteiger partial charge on any atom is -0.496 e. The van der Waals surface area contributed by atoms with Crippen LogP contribution >= 0.6 is 12.4 Å². The Labute approximate surface area is 127 Å². The molecule has 0 amide bonds. The zero-order chi connectivity index (χ0) is 14.4. The third-order valence-electron chi connectivity index (χ3n) is 3.25. The number of methoxy groups -OCH3 is 2. The van der Waals surface area contributed by atoms with E-state index in [1.807, 2.05) is 18.2 Å². The molecule has 1 rings (SSSR count). The minimum absolute atomic E-state index is 0. The molecule has 3 N–H and O–H groups in total. The maximum absolute atomic E-state index is 10.2. The van der Waals surface area contributed by atoms with Crippen LogP contribution in [0.5, 0.6) is 11.5 Å². The number of ether oxygens (including phenoxy) is 2. The van der Waals surface area contributed by atoms with Crippen LogP contribution in [-0.2, 0) is 0 Å². The lowest BCUT2D eigenvalue weighted by Gasteiger charge is -2.23. The molecule has 0 heterocycles. The Morgan fingerprint density at radius 3 is 2.00 bits per heavy atom. The van der Waals surface area contributed by atoms with Gasteiger partial charge in [-0.1, -0.05) is 19.9 Å². The van der Waals surface area contributed by atoms with Crippen molar-refractivity contribution in [1.29, 1.82) is 0 Å². The van der Waals surface area contributed by atoms with Crippen LogP contribution in [0.25, 0.3) is 0 Å². The number of hydrogen-bond donors (Lipinski definition) is 2. The molecule has 116 valence electrons. The summed E-state index contributed by atoms with van der Waals surface area (Å²) in [5.41, 5.74) is 6.89. The normalized spacial score (nSPS) is 13.6. The Balaban J connectivity index is 0.00000361. The highest BCUT2D eigenvalue weighted by molar-refractivity contribution is 5.85. The van der Waals surface area contributed by atoms with Crippen molar-refractivity contribution in [3.8, 4) is 11.5 Å². The first-order valence-electron chi connectivity index (χ1n) is 6.65. The highest BCUT2D eigenvalue weighted by Crippen LogP contribution is 2.35. The topological polar surface area (TPSA) is 64.7 Å². The van der Waals surface area contributed by atoms with Crippen molar-refractivity contribution < 1.29 is 14.6 Å². The van der Waals surface area contributed by atoms with Crippen LogP contribution in [0.15, 0.2) is 18.2 Å². The number of rotatable bonds is 7. The SMILES string of the molecule is COc1cccc(OC)c1[C@H](N)[C@H](O)CCC(C)C.Cl. The molecule has 0 bridgehead atoms. The van der Waals surface area contributed by atoms with E-state index in [-0.39, 0.29) is 12.4 Å². The monoisotopic (exact) mass is 303 g/mol. The van der Waals surface area contributed by atoms with Gasteiger partial charge < -0.3 is 20.3 Å². The Kier molecular flexibility index (Phi) is 8.62. The van der Waals surface area contributed by atoms with Gasteiger partial charge in [0, 0.05) is 0 Å². The van der Waals surface area contributed by atoms with Gasteiger partial charge in [0.2, 0.25) is 0 Å². The molecule has 0 unspecified atom stereocenters. The third kappa shape index (κ3) is 4.85. The van der Waals surface area contributed by atoms with E-state index in [0.29, 0.717) is 23.8 Å². The van der Waals surface area contributed by atoms with Gasteiger partial charge in [0.25, 0.3) is 0 Å². The summed E-state index contributed by atoms with van der Waals surface area (Å²) in [6.45, 7) is 4.25. The summed E-state index contributed by atoms with van der Waals surface area (Å²) in [4.78, 5) is 0. The number of nitrogens with two attached hydrogens (primary N) is 1. The van der Waals surface area contributed by atoms with E-state index in [9.17, 15) is 5.11 Å². The van der Waals surface area contributed by atoms with Crippen LogP contribution in [0, 0.1) is 5.92 Å². The molecule has 5 heteroatoms. The fourth-order valence-electron chi connectivity index (χ4n) is 2.08. The molecule has 1 aromatic rings. The molecule has 20 heavy (non-hydrogen) atoms. The Bertz CT molecular complexity index is 376. The molecule has 4 nitrogen and oxygen atoms in total. The molecule has 0 saturated carbocycles. The fraction of sp³-hybridized carbons (Fsp3) is 0.600. The summed E-state index contributed by atoms with van der Waals surface area (Å²) in [6, 6.07) is 4.98. The third-order valence-corrected chi connectivity index (χ3v) is 3.25. The lowest BCUT2D eigenvalue weighted by molar-refractivity contribution is 0.126. The van der Waals surface area contributed by atoms with Crippen molar-refractivity contribution in [1.82, 2.24) is 0 Å². The second kappa shape index (κ2) is 9.06. The summed E-state index contributed by atoms with van der Waals surface area (Å²) in [5.74, 6) is 1.84. The summed E-state index contributed by atoms with van der Waals surface area (Å²) in [5, 5.41) is 10.2. The zero-order valence-electron chi connectivity index (χ0n) is 12.6. The van der Waals surface area contributed by atoms with Crippen molar-refractivity contribution in [2.75, 3.05) is 14.2 Å². The molecule has 0 saturated heterocycles. The molecular formula is C15H26ClNO3. The van der Waals surface area contributed by atoms with Gasteiger partial charge in [0.15, 0.2) is 0 Å². The van der Waals surface area contributed by atoms with Crippen LogP contribution in [0.4, 0.5) is 0 Å². The second-order valence-electron chi connectivity index (χ2n) is 5.14. The van der Waals surface area contributed by atoms with E-state index in [2.05, 4.69) is 13.8 Å². The second-order valence-corrected chi connectivity index (χ2v) is 5.14. The molecule has 0 spiro atoms. The molecule has 2 atom stereocenters. The van der Waals surface area contributed by atoms with Crippen molar-refractivity contribution >= 4 is 12.4 Å². The van der Waals surface area contributed by atoms with Crippen LogP contribution in [0.2, 0.25) is 0 Å². The number of aliphatic hydroxyl groups excluding tert-OH is 1. The summed E-state index contributed by atoms with van der Waals surface area (Å²) < 4.78 is 10.6. The minimum atomic E-state index is -0.604. The van der Waals surface area contributed by atoms with Gasteiger partial charge in [0.1, 0.15) is 11.5 Å². The molecular weight excluding hydrogens is 278 g/mol. The lowest BCUT2D eigenvalue weighted by atomic mass is 9.95. The van der Waals surface area contributed by atoms with Gasteiger partial charge in [-0.3, -0.25) is 0 Å². The Morgan fingerprint density at radius 2 is 1.60 bits per heavy atom. The first-order chi connectivity index (χ1) is 9.01. The van der Waals surface area contributed by atoms with Crippen LogP contribution < -0.4 is 15.2 Å². The first-order valence-corrected chi connectivity index (χ1v) is 6.65. The van der Waals surface area contributed by atoms with Gasteiger partial charge in [-0.05, 0) is 30.9 Å². The molecule has 0 aliphatic carbocycles. The van der Waals surface area contributed by atoms with Crippen molar-refractivity contribution in [2.45, 2.75) is 38.8 Å². The quantitative estimate of drug-likeness (QED) is 0.813. The fourth-order valence-corrected chi connectivity index (χ4v) is 2.08. The predicted molar refractivity (Wildman–Crippen MR) is 83.8 cm³/mol. The van der Waals surface area contributed by atoms with Gasteiger partial charge in [-0.2, -0.15) is 0 Å². The Hall–Kier alpha value is -0.970. The summed E-state index contributed by atoms with van der Waals surface area (Å²) in [7, 11) is 3.18. The number of aliphatic hydroxyl groups is 1. The highest BCUT2D eigenvalue weighted by atomic mass is 35.5. The number of hydrogen-bond acceptors (Lipinski definition) is 4. The summed E-state index contributed by atoms with van der Waals surface area (Å²) >= 11 is 0. The van der Waals surface area contributed by atoms with Crippen molar-refractivity contribution in [3.05, 3.63) is 23.8 Å². The Morgan fingerprint density at radius 1 is 1.10 bits per heavy atom. The summed E-state index contributed by atoms with van der Waals surface area (Å²) in [6.07, 6.45) is 0.999. The zero-order valence-corrected chi connectivity index (χ0v) is 13.4. The highest BCUT2D eigenvalue weighted by Gasteiger charge is 2.24. The first kappa shape index (κ1) is 19.0. The van der Waals surface area contributed by atoms with Gasteiger partial charge in [-0.15, -0.1) is 12.4 Å². The lowest BCUT2D eigenvalue weighted by Crippen LogP contribution is -2.27. The smallest absolute Gasteiger partial charge is 0.127 e. The molecule has 0 aromatic heterocycles. The van der Waals surface area contributed by atoms with Crippen LogP contribution in [0.3, 0.4) is 0 Å². The van der Waals surface area contributed by atoms with Crippen LogP contribution in [-0.4, -0.2) is 25.4 Å². The molecule has 0 radical (unpaired) electrons. The number of benzene rings is 1. The van der Waals surface area contributed by atoms with E-state index in [1.165, 1.54) is 0 Å². The van der Waals surface area contributed by atoms with E-state index < -0.39 is 12.1 Å². The largest absolute Gasteiger partial charge is 0.496 e. The van der Waals surface area contributed by atoms with E-state index in [4.69, 9.17) is 15.2 Å².